The van der Waals surface area contributed by atoms with E-state index in [0.29, 0.717) is 13.2 Å². The summed E-state index contributed by atoms with van der Waals surface area (Å²) >= 11 is 3.06. The Balaban J connectivity index is 2.34. The van der Waals surface area contributed by atoms with Gasteiger partial charge in [-0.3, -0.25) is 4.79 Å². The van der Waals surface area contributed by atoms with Gasteiger partial charge in [-0.15, -0.1) is 11.3 Å². The lowest BCUT2D eigenvalue weighted by atomic mass is 10.4. The lowest BCUT2D eigenvalue weighted by Gasteiger charge is -2.09. The summed E-state index contributed by atoms with van der Waals surface area (Å²) in [6, 6.07) is 0. The molecule has 0 aliphatic carbocycles. The Hall–Kier alpha value is -0.590. The lowest BCUT2D eigenvalue weighted by Crippen LogP contribution is -2.33. The van der Waals surface area contributed by atoms with E-state index < -0.39 is 0 Å². The minimum absolute atomic E-state index is 0.0231. The molecule has 1 N–H and O–H groups in total. The first-order chi connectivity index (χ1) is 7.63. The number of rotatable bonds is 6. The number of aromatic nitrogens is 1. The van der Waals surface area contributed by atoms with E-state index in [4.69, 9.17) is 4.74 Å². The van der Waals surface area contributed by atoms with Gasteiger partial charge in [0.1, 0.15) is 0 Å². The summed E-state index contributed by atoms with van der Waals surface area (Å²) in [4.78, 5) is 15.9. The van der Waals surface area contributed by atoms with Crippen molar-refractivity contribution in [1.82, 2.24) is 10.3 Å². The van der Waals surface area contributed by atoms with Gasteiger partial charge in [-0.25, -0.2) is 4.98 Å². The van der Waals surface area contributed by atoms with Crippen LogP contribution in [0.1, 0.15) is 12.6 Å². The molecular weight excluding hydrogens is 244 g/mol. The maximum Gasteiger partial charge on any atom is 0.233 e. The number of nitrogens with one attached hydrogen (secondary N) is 1. The first-order valence-electron chi connectivity index (χ1n) is 4.99. The number of thiazole rings is 1. The Bertz CT molecular complexity index is 341. The maximum atomic E-state index is 11.6. The van der Waals surface area contributed by atoms with Gasteiger partial charge in [0.05, 0.1) is 11.9 Å². The van der Waals surface area contributed by atoms with Crippen molar-refractivity contribution in [3.63, 3.8) is 0 Å². The molecule has 0 bridgehead atoms. The summed E-state index contributed by atoms with van der Waals surface area (Å²) in [5.41, 5.74) is 1.000. The fraction of sp³-hybridized carbons (Fsp3) is 0.600. The second-order valence-corrected chi connectivity index (χ2v) is 5.74. The van der Waals surface area contributed by atoms with Crippen molar-refractivity contribution in [3.8, 4) is 0 Å². The van der Waals surface area contributed by atoms with Crippen LogP contribution in [0.3, 0.4) is 0 Å². The summed E-state index contributed by atoms with van der Waals surface area (Å²) in [6.07, 6.45) is 0. The Labute approximate surface area is 104 Å². The number of nitrogens with zero attached hydrogens (tertiary/aromatic N) is 1. The summed E-state index contributed by atoms with van der Waals surface area (Å²) in [7, 11) is 1.61. The van der Waals surface area contributed by atoms with Crippen LogP contribution < -0.4 is 5.32 Å². The van der Waals surface area contributed by atoms with Crippen molar-refractivity contribution in [2.45, 2.75) is 23.4 Å². The summed E-state index contributed by atoms with van der Waals surface area (Å²) in [5.74, 6) is 0.0231. The van der Waals surface area contributed by atoms with Crippen LogP contribution in [0.15, 0.2) is 9.72 Å². The molecule has 0 spiro atoms. The van der Waals surface area contributed by atoms with Crippen molar-refractivity contribution >= 4 is 29.0 Å². The third kappa shape index (κ3) is 4.51. The van der Waals surface area contributed by atoms with E-state index in [1.807, 2.05) is 19.2 Å². The Morgan fingerprint density at radius 3 is 3.06 bits per heavy atom. The van der Waals surface area contributed by atoms with Crippen molar-refractivity contribution < 1.29 is 9.53 Å². The number of carbonyl (C=O) groups is 1. The van der Waals surface area contributed by atoms with E-state index >= 15 is 0 Å². The van der Waals surface area contributed by atoms with Crippen molar-refractivity contribution in [3.05, 3.63) is 11.1 Å². The van der Waals surface area contributed by atoms with Crippen LogP contribution in [0.25, 0.3) is 0 Å². The monoisotopic (exact) mass is 260 g/mol. The molecule has 0 saturated heterocycles. The van der Waals surface area contributed by atoms with Gasteiger partial charge in [0.25, 0.3) is 0 Å². The van der Waals surface area contributed by atoms with E-state index in [9.17, 15) is 4.79 Å². The molecule has 6 heteroatoms. The third-order valence-electron chi connectivity index (χ3n) is 1.85. The zero-order chi connectivity index (χ0) is 12.0. The van der Waals surface area contributed by atoms with Gasteiger partial charge < -0.3 is 10.1 Å². The van der Waals surface area contributed by atoms with Crippen molar-refractivity contribution in [2.75, 3.05) is 20.3 Å². The lowest BCUT2D eigenvalue weighted by molar-refractivity contribution is -0.120. The Kier molecular flexibility index (Phi) is 5.79. The standard InChI is InChI=1S/C10H16N2O2S2/c1-7-6-15-10(12-7)16-8(2)9(13)11-4-5-14-3/h6,8H,4-5H2,1-3H3,(H,11,13)/t8-/m0/s1. The number of hydrogen-bond donors (Lipinski definition) is 1. The van der Waals surface area contributed by atoms with Gasteiger partial charge in [-0.05, 0) is 13.8 Å². The molecule has 0 saturated carbocycles. The Morgan fingerprint density at radius 1 is 1.75 bits per heavy atom. The first kappa shape index (κ1) is 13.5. The highest BCUT2D eigenvalue weighted by molar-refractivity contribution is 8.02. The second-order valence-electron chi connectivity index (χ2n) is 3.30. The molecule has 0 aromatic carbocycles. The molecular formula is C10H16N2O2S2. The molecule has 0 aliphatic rings. The molecule has 1 aromatic heterocycles. The number of aryl methyl sites for hydroxylation is 1. The third-order valence-corrected chi connectivity index (χ3v) is 4.04. The number of methoxy groups -OCH3 is 1. The zero-order valence-corrected chi connectivity index (χ0v) is 11.3. The molecule has 0 fully saturated rings. The number of ether oxygens (including phenoxy) is 1. The van der Waals surface area contributed by atoms with Crippen LogP contribution >= 0.6 is 23.1 Å². The topological polar surface area (TPSA) is 51.2 Å². The number of amides is 1. The molecule has 0 radical (unpaired) electrons. The first-order valence-corrected chi connectivity index (χ1v) is 6.75. The molecule has 1 atom stereocenters. The predicted molar refractivity (Wildman–Crippen MR) is 67.1 cm³/mol. The second kappa shape index (κ2) is 6.88. The minimum Gasteiger partial charge on any atom is -0.383 e. The van der Waals surface area contributed by atoms with Crippen LogP contribution in [0.5, 0.6) is 0 Å². The van der Waals surface area contributed by atoms with Gasteiger partial charge in [0, 0.05) is 24.7 Å². The fourth-order valence-corrected chi connectivity index (χ4v) is 3.02. The molecule has 1 rings (SSSR count). The van der Waals surface area contributed by atoms with Crippen molar-refractivity contribution in [2.24, 2.45) is 0 Å². The summed E-state index contributed by atoms with van der Waals surface area (Å²) in [5, 5.41) is 4.66. The molecule has 4 nitrogen and oxygen atoms in total. The molecule has 0 aliphatic heterocycles. The van der Waals surface area contributed by atoms with Gasteiger partial charge in [-0.1, -0.05) is 11.8 Å². The van der Waals surface area contributed by atoms with E-state index in [0.717, 1.165) is 10.0 Å². The molecule has 1 aromatic rings. The quantitative estimate of drug-likeness (QED) is 0.625. The molecule has 0 unspecified atom stereocenters. The molecule has 1 heterocycles. The number of carbonyl (C=O) groups excluding carboxylic acids is 1. The SMILES string of the molecule is COCCNC(=O)[C@H](C)Sc1nc(C)cs1. The number of thioether (sulfide) groups is 1. The highest BCUT2D eigenvalue weighted by Crippen LogP contribution is 2.26. The normalized spacial score (nSPS) is 12.4. The van der Waals surface area contributed by atoms with Crippen LogP contribution in [0.2, 0.25) is 0 Å². The minimum atomic E-state index is -0.123. The summed E-state index contributed by atoms with van der Waals surface area (Å²) in [6.45, 7) is 4.92. The fourth-order valence-electron chi connectivity index (χ4n) is 1.01. The number of hydrogen-bond acceptors (Lipinski definition) is 5. The van der Waals surface area contributed by atoms with E-state index in [1.165, 1.54) is 11.8 Å². The van der Waals surface area contributed by atoms with Crippen LogP contribution in [-0.4, -0.2) is 36.4 Å². The van der Waals surface area contributed by atoms with E-state index in [1.54, 1.807) is 18.4 Å². The zero-order valence-electron chi connectivity index (χ0n) is 9.65. The van der Waals surface area contributed by atoms with Gasteiger partial charge in [-0.2, -0.15) is 0 Å². The molecule has 16 heavy (non-hydrogen) atoms. The van der Waals surface area contributed by atoms with Crippen LogP contribution in [0.4, 0.5) is 0 Å². The molecule has 90 valence electrons. The van der Waals surface area contributed by atoms with Crippen LogP contribution in [0, 0.1) is 6.92 Å². The smallest absolute Gasteiger partial charge is 0.233 e. The average molecular weight is 260 g/mol. The Morgan fingerprint density at radius 2 is 2.50 bits per heavy atom. The average Bonchev–Trinajstić information content (AvgIpc) is 2.64. The van der Waals surface area contributed by atoms with Gasteiger partial charge in [0.15, 0.2) is 4.34 Å². The summed E-state index contributed by atoms with van der Waals surface area (Å²) < 4.78 is 5.80. The van der Waals surface area contributed by atoms with Crippen LogP contribution in [-0.2, 0) is 9.53 Å². The maximum absolute atomic E-state index is 11.6. The van der Waals surface area contributed by atoms with E-state index in [-0.39, 0.29) is 11.2 Å². The van der Waals surface area contributed by atoms with Crippen molar-refractivity contribution in [1.29, 1.82) is 0 Å². The van der Waals surface area contributed by atoms with E-state index in [2.05, 4.69) is 10.3 Å². The highest BCUT2D eigenvalue weighted by atomic mass is 32.2. The largest absolute Gasteiger partial charge is 0.383 e. The predicted octanol–water partition coefficient (Wildman–Crippen LogP) is 1.69. The molecule has 1 amide bonds. The highest BCUT2D eigenvalue weighted by Gasteiger charge is 2.15. The van der Waals surface area contributed by atoms with Gasteiger partial charge in [0.2, 0.25) is 5.91 Å². The van der Waals surface area contributed by atoms with Gasteiger partial charge >= 0.3 is 0 Å².